The minimum atomic E-state index is -0.207. The summed E-state index contributed by atoms with van der Waals surface area (Å²) < 4.78 is 0. The van der Waals surface area contributed by atoms with Crippen LogP contribution in [0.1, 0.15) is 10.5 Å². The molecule has 0 fully saturated rings. The van der Waals surface area contributed by atoms with Crippen molar-refractivity contribution in [3.63, 3.8) is 0 Å². The highest BCUT2D eigenvalue weighted by atomic mass is 16.1. The van der Waals surface area contributed by atoms with Crippen molar-refractivity contribution >= 4 is 11.6 Å². The molecule has 0 atom stereocenters. The van der Waals surface area contributed by atoms with Crippen LogP contribution in [-0.2, 0) is 0 Å². The molecule has 0 spiro atoms. The number of carbonyl (C=O) groups excluding carboxylic acids is 1. The Labute approximate surface area is 87.8 Å². The van der Waals surface area contributed by atoms with E-state index >= 15 is 0 Å². The van der Waals surface area contributed by atoms with Crippen LogP contribution in [0.2, 0.25) is 0 Å². The van der Waals surface area contributed by atoms with E-state index in [0.717, 1.165) is 5.69 Å². The molecule has 2 rings (SSSR count). The van der Waals surface area contributed by atoms with Crippen LogP contribution >= 0.6 is 0 Å². The molecule has 0 saturated heterocycles. The number of hydrogen-bond acceptors (Lipinski definition) is 2. The van der Waals surface area contributed by atoms with E-state index in [4.69, 9.17) is 0 Å². The lowest BCUT2D eigenvalue weighted by atomic mass is 10.3. The van der Waals surface area contributed by atoms with Crippen molar-refractivity contribution in [2.75, 3.05) is 5.32 Å². The summed E-state index contributed by atoms with van der Waals surface area (Å²) in [5.41, 5.74) is 1.15. The monoisotopic (exact) mass is 197 g/mol. The summed E-state index contributed by atoms with van der Waals surface area (Å²) in [5.74, 6) is -0.207. The van der Waals surface area contributed by atoms with Crippen LogP contribution in [0.25, 0.3) is 0 Å². The van der Waals surface area contributed by atoms with Gasteiger partial charge in [-0.1, -0.05) is 18.2 Å². The molecule has 1 radical (unpaired) electrons. The molecule has 73 valence electrons. The molecule has 1 aromatic carbocycles. The van der Waals surface area contributed by atoms with Crippen LogP contribution in [-0.4, -0.2) is 10.9 Å². The van der Waals surface area contributed by atoms with Gasteiger partial charge in [-0.25, -0.2) is 0 Å². The molecule has 15 heavy (non-hydrogen) atoms. The largest absolute Gasteiger partial charge is 0.321 e. The predicted octanol–water partition coefficient (Wildman–Crippen LogP) is 2.13. The maximum absolute atomic E-state index is 11.6. The van der Waals surface area contributed by atoms with E-state index in [-0.39, 0.29) is 5.91 Å². The smallest absolute Gasteiger partial charge is 0.274 e. The van der Waals surface area contributed by atoms with Crippen LogP contribution < -0.4 is 5.32 Å². The van der Waals surface area contributed by atoms with Gasteiger partial charge in [-0.3, -0.25) is 9.78 Å². The third-order valence-electron chi connectivity index (χ3n) is 1.87. The van der Waals surface area contributed by atoms with E-state index in [1.807, 2.05) is 0 Å². The Hall–Kier alpha value is -2.16. The van der Waals surface area contributed by atoms with Crippen molar-refractivity contribution < 1.29 is 4.79 Å². The minimum absolute atomic E-state index is 0.207. The van der Waals surface area contributed by atoms with E-state index in [1.165, 1.54) is 0 Å². The van der Waals surface area contributed by atoms with Crippen molar-refractivity contribution in [3.05, 3.63) is 60.4 Å². The highest BCUT2D eigenvalue weighted by Crippen LogP contribution is 2.06. The fraction of sp³-hybridized carbons (Fsp3) is 0. The minimum Gasteiger partial charge on any atom is -0.321 e. The SMILES string of the molecule is O=C(Nc1cc[c]cc1)c1ccccn1. The number of pyridine rings is 1. The lowest BCUT2D eigenvalue weighted by Gasteiger charge is -2.03. The zero-order chi connectivity index (χ0) is 10.5. The Morgan fingerprint density at radius 2 is 2.00 bits per heavy atom. The zero-order valence-electron chi connectivity index (χ0n) is 7.97. The maximum atomic E-state index is 11.6. The number of rotatable bonds is 2. The van der Waals surface area contributed by atoms with E-state index in [0.29, 0.717) is 5.69 Å². The molecule has 3 nitrogen and oxygen atoms in total. The molecule has 0 bridgehead atoms. The van der Waals surface area contributed by atoms with Gasteiger partial charge < -0.3 is 5.32 Å². The number of anilines is 1. The van der Waals surface area contributed by atoms with Gasteiger partial charge in [-0.15, -0.1) is 0 Å². The first-order chi connectivity index (χ1) is 7.36. The molecule has 1 aromatic heterocycles. The van der Waals surface area contributed by atoms with Crippen LogP contribution in [0.5, 0.6) is 0 Å². The number of nitrogens with zero attached hydrogens (tertiary/aromatic N) is 1. The summed E-state index contributed by atoms with van der Waals surface area (Å²) in [6.45, 7) is 0. The number of nitrogens with one attached hydrogen (secondary N) is 1. The molecule has 1 heterocycles. The molecule has 0 saturated carbocycles. The Balaban J connectivity index is 2.12. The normalized spacial score (nSPS) is 9.60. The highest BCUT2D eigenvalue weighted by molar-refractivity contribution is 6.02. The highest BCUT2D eigenvalue weighted by Gasteiger charge is 2.05. The average Bonchev–Trinajstić information content (AvgIpc) is 2.31. The van der Waals surface area contributed by atoms with Gasteiger partial charge in [0.15, 0.2) is 0 Å². The van der Waals surface area contributed by atoms with E-state index in [9.17, 15) is 4.79 Å². The second-order valence-electron chi connectivity index (χ2n) is 2.96. The summed E-state index contributed by atoms with van der Waals surface area (Å²) in [4.78, 5) is 15.6. The molecule has 0 aliphatic heterocycles. The van der Waals surface area contributed by atoms with Gasteiger partial charge >= 0.3 is 0 Å². The first-order valence-corrected chi connectivity index (χ1v) is 4.55. The summed E-state index contributed by atoms with van der Waals surface area (Å²) in [7, 11) is 0. The lowest BCUT2D eigenvalue weighted by molar-refractivity contribution is 0.102. The zero-order valence-corrected chi connectivity index (χ0v) is 7.97. The molecular weight excluding hydrogens is 188 g/mol. The van der Waals surface area contributed by atoms with Crippen molar-refractivity contribution in [3.8, 4) is 0 Å². The van der Waals surface area contributed by atoms with Gasteiger partial charge in [0.1, 0.15) is 5.69 Å². The van der Waals surface area contributed by atoms with E-state index < -0.39 is 0 Å². The van der Waals surface area contributed by atoms with Crippen LogP contribution in [0.3, 0.4) is 0 Å². The van der Waals surface area contributed by atoms with Crippen LogP contribution in [0.15, 0.2) is 48.7 Å². The number of amides is 1. The number of carbonyl (C=O) groups is 1. The van der Waals surface area contributed by atoms with Crippen LogP contribution in [0.4, 0.5) is 5.69 Å². The van der Waals surface area contributed by atoms with Gasteiger partial charge in [-0.05, 0) is 30.3 Å². The number of hydrogen-bond donors (Lipinski definition) is 1. The first kappa shape index (κ1) is 9.40. The molecule has 1 amide bonds. The third kappa shape index (κ3) is 2.40. The van der Waals surface area contributed by atoms with E-state index in [1.54, 1.807) is 48.7 Å². The Morgan fingerprint density at radius 3 is 2.67 bits per heavy atom. The van der Waals surface area contributed by atoms with Gasteiger partial charge in [0.25, 0.3) is 5.91 Å². The summed E-state index contributed by atoms with van der Waals surface area (Å²) in [6.07, 6.45) is 1.59. The first-order valence-electron chi connectivity index (χ1n) is 4.55. The van der Waals surface area contributed by atoms with Crippen molar-refractivity contribution in [1.29, 1.82) is 0 Å². The molecule has 3 heteroatoms. The summed E-state index contributed by atoms with van der Waals surface area (Å²) in [6, 6.07) is 15.1. The molecule has 1 N–H and O–H groups in total. The fourth-order valence-electron chi connectivity index (χ4n) is 1.16. The molecule has 2 aromatic rings. The Kier molecular flexibility index (Phi) is 2.74. The topological polar surface area (TPSA) is 42.0 Å². The summed E-state index contributed by atoms with van der Waals surface area (Å²) in [5, 5.41) is 2.74. The molecule has 0 unspecified atom stereocenters. The lowest BCUT2D eigenvalue weighted by Crippen LogP contribution is -2.13. The van der Waals surface area contributed by atoms with Gasteiger partial charge in [0.05, 0.1) is 0 Å². The van der Waals surface area contributed by atoms with Crippen molar-refractivity contribution in [1.82, 2.24) is 4.98 Å². The van der Waals surface area contributed by atoms with E-state index in [2.05, 4.69) is 16.4 Å². The Bertz CT molecular complexity index is 440. The second-order valence-corrected chi connectivity index (χ2v) is 2.96. The second kappa shape index (κ2) is 4.37. The molecule has 0 aliphatic rings. The average molecular weight is 197 g/mol. The number of aromatic nitrogens is 1. The van der Waals surface area contributed by atoms with Gasteiger partial charge in [-0.2, -0.15) is 0 Å². The summed E-state index contributed by atoms with van der Waals surface area (Å²) >= 11 is 0. The molecule has 0 aliphatic carbocycles. The van der Waals surface area contributed by atoms with Gasteiger partial charge in [0, 0.05) is 11.9 Å². The van der Waals surface area contributed by atoms with Crippen molar-refractivity contribution in [2.24, 2.45) is 0 Å². The van der Waals surface area contributed by atoms with Gasteiger partial charge in [0.2, 0.25) is 0 Å². The maximum Gasteiger partial charge on any atom is 0.274 e. The predicted molar refractivity (Wildman–Crippen MR) is 57.5 cm³/mol. The fourth-order valence-corrected chi connectivity index (χ4v) is 1.16. The quantitative estimate of drug-likeness (QED) is 0.801. The van der Waals surface area contributed by atoms with Crippen molar-refractivity contribution in [2.45, 2.75) is 0 Å². The number of benzene rings is 1. The third-order valence-corrected chi connectivity index (χ3v) is 1.87. The Morgan fingerprint density at radius 1 is 1.20 bits per heavy atom. The van der Waals surface area contributed by atoms with Crippen LogP contribution in [0, 0.1) is 6.07 Å². The standard InChI is InChI=1S/C12H9N2O/c15-12(11-8-4-5-9-13-11)14-10-6-2-1-3-7-10/h2-9H,(H,14,15). The molecular formula is C12H9N2O.